The van der Waals surface area contributed by atoms with Gasteiger partial charge >= 0.3 is 0 Å². The van der Waals surface area contributed by atoms with Crippen LogP contribution in [0.4, 0.5) is 0 Å². The van der Waals surface area contributed by atoms with E-state index in [0.29, 0.717) is 5.41 Å². The van der Waals surface area contributed by atoms with Gasteiger partial charge in [-0.3, -0.25) is 0 Å². The number of ether oxygens (including phenoxy) is 1. The van der Waals surface area contributed by atoms with E-state index in [1.54, 1.807) is 0 Å². The van der Waals surface area contributed by atoms with E-state index in [1.807, 2.05) is 0 Å². The van der Waals surface area contributed by atoms with Crippen LogP contribution < -0.4 is 5.73 Å². The highest BCUT2D eigenvalue weighted by Crippen LogP contribution is 2.47. The van der Waals surface area contributed by atoms with Gasteiger partial charge in [-0.1, -0.05) is 18.2 Å². The summed E-state index contributed by atoms with van der Waals surface area (Å²) in [5.41, 5.74) is 10.3. The van der Waals surface area contributed by atoms with E-state index < -0.39 is 0 Å². The molecule has 1 fully saturated rings. The molecule has 1 saturated carbocycles. The lowest BCUT2D eigenvalue weighted by Crippen LogP contribution is -2.19. The molecule has 14 heavy (non-hydrogen) atoms. The van der Waals surface area contributed by atoms with Crippen LogP contribution in [0.25, 0.3) is 0 Å². The maximum atomic E-state index is 5.81. The Morgan fingerprint density at radius 1 is 1.21 bits per heavy atom. The molecule has 0 unspecified atom stereocenters. The fourth-order valence-electron chi connectivity index (χ4n) is 2.26. The maximum Gasteiger partial charge on any atom is 0.0725 e. The Kier molecular flexibility index (Phi) is 1.70. The van der Waals surface area contributed by atoms with Crippen LogP contribution in [0.1, 0.15) is 29.5 Å². The number of hydrogen-bond acceptors (Lipinski definition) is 2. The summed E-state index contributed by atoms with van der Waals surface area (Å²) in [6.07, 6.45) is 2.51. The van der Waals surface area contributed by atoms with Crippen molar-refractivity contribution in [1.82, 2.24) is 0 Å². The normalized spacial score (nSPS) is 22.1. The van der Waals surface area contributed by atoms with Gasteiger partial charge < -0.3 is 10.5 Å². The molecule has 1 aliphatic carbocycles. The van der Waals surface area contributed by atoms with E-state index in [9.17, 15) is 0 Å². The number of fused-ring (bicyclic) bond motifs is 1. The predicted octanol–water partition coefficient (Wildman–Crippen LogP) is 1.71. The van der Waals surface area contributed by atoms with Crippen molar-refractivity contribution in [2.24, 2.45) is 5.73 Å². The zero-order valence-corrected chi connectivity index (χ0v) is 8.25. The van der Waals surface area contributed by atoms with Crippen molar-refractivity contribution >= 4 is 0 Å². The zero-order chi connectivity index (χ0) is 9.60. The van der Waals surface area contributed by atoms with Crippen LogP contribution in [0.5, 0.6) is 0 Å². The minimum absolute atomic E-state index is 0.317. The van der Waals surface area contributed by atoms with Gasteiger partial charge in [-0.15, -0.1) is 0 Å². The number of benzene rings is 1. The van der Waals surface area contributed by atoms with Crippen LogP contribution >= 0.6 is 0 Å². The molecule has 1 aromatic rings. The number of rotatable bonds is 2. The van der Waals surface area contributed by atoms with Gasteiger partial charge in [0.05, 0.1) is 13.2 Å². The van der Waals surface area contributed by atoms with Crippen molar-refractivity contribution in [3.63, 3.8) is 0 Å². The Labute approximate surface area is 84.1 Å². The zero-order valence-electron chi connectivity index (χ0n) is 8.25. The van der Waals surface area contributed by atoms with Gasteiger partial charge in [-0.25, -0.2) is 0 Å². The van der Waals surface area contributed by atoms with Crippen molar-refractivity contribution in [3.05, 3.63) is 34.9 Å². The van der Waals surface area contributed by atoms with E-state index in [0.717, 1.165) is 19.8 Å². The first-order valence-corrected chi connectivity index (χ1v) is 5.24. The first-order valence-electron chi connectivity index (χ1n) is 5.24. The Hall–Kier alpha value is -0.860. The van der Waals surface area contributed by atoms with Crippen LogP contribution in [0.15, 0.2) is 18.2 Å². The Balaban J connectivity index is 2.00. The van der Waals surface area contributed by atoms with Crippen LogP contribution in [0.2, 0.25) is 0 Å². The van der Waals surface area contributed by atoms with Crippen LogP contribution in [0, 0.1) is 0 Å². The maximum absolute atomic E-state index is 5.81. The van der Waals surface area contributed by atoms with Crippen molar-refractivity contribution in [2.45, 2.75) is 31.5 Å². The second kappa shape index (κ2) is 2.81. The summed E-state index contributed by atoms with van der Waals surface area (Å²) >= 11 is 0. The summed E-state index contributed by atoms with van der Waals surface area (Å²) in [5, 5.41) is 0. The third kappa shape index (κ3) is 1.11. The van der Waals surface area contributed by atoms with Crippen LogP contribution in [-0.4, -0.2) is 6.54 Å². The molecule has 2 heteroatoms. The molecule has 0 spiro atoms. The molecule has 1 aromatic carbocycles. The Morgan fingerprint density at radius 3 is 2.71 bits per heavy atom. The number of nitrogens with two attached hydrogens (primary N) is 1. The van der Waals surface area contributed by atoms with Gasteiger partial charge in [0, 0.05) is 12.0 Å². The average molecular weight is 189 g/mol. The predicted molar refractivity (Wildman–Crippen MR) is 54.9 cm³/mol. The second-order valence-corrected chi connectivity index (χ2v) is 4.46. The summed E-state index contributed by atoms with van der Waals surface area (Å²) in [7, 11) is 0. The number of hydrogen-bond donors (Lipinski definition) is 1. The van der Waals surface area contributed by atoms with Crippen LogP contribution in [0.3, 0.4) is 0 Å². The van der Waals surface area contributed by atoms with E-state index in [4.69, 9.17) is 10.5 Å². The lowest BCUT2D eigenvalue weighted by Gasteiger charge is -2.13. The van der Waals surface area contributed by atoms with E-state index >= 15 is 0 Å². The van der Waals surface area contributed by atoms with E-state index in [-0.39, 0.29) is 0 Å². The summed E-state index contributed by atoms with van der Waals surface area (Å²) in [6, 6.07) is 6.73. The third-order valence-corrected chi connectivity index (χ3v) is 3.58. The molecule has 2 N–H and O–H groups in total. The summed E-state index contributed by atoms with van der Waals surface area (Å²) in [5.74, 6) is 0. The van der Waals surface area contributed by atoms with E-state index in [2.05, 4.69) is 18.2 Å². The van der Waals surface area contributed by atoms with Crippen LogP contribution in [-0.2, 0) is 23.4 Å². The third-order valence-electron chi connectivity index (χ3n) is 3.58. The second-order valence-electron chi connectivity index (χ2n) is 4.46. The highest BCUT2D eigenvalue weighted by Gasteiger charge is 2.43. The standard InChI is InChI=1S/C12H15NO/c13-8-12(3-4-12)11-2-1-9-6-14-7-10(9)5-11/h1-2,5H,3-4,6-8,13H2. The monoisotopic (exact) mass is 189 g/mol. The molecule has 1 heterocycles. The molecular weight excluding hydrogens is 174 g/mol. The minimum Gasteiger partial charge on any atom is -0.372 e. The van der Waals surface area contributed by atoms with Gasteiger partial charge in [-0.05, 0) is 29.5 Å². The molecule has 74 valence electrons. The quantitative estimate of drug-likeness (QED) is 0.768. The lowest BCUT2D eigenvalue weighted by molar-refractivity contribution is 0.134. The molecule has 0 aromatic heterocycles. The summed E-state index contributed by atoms with van der Waals surface area (Å²) in [6.45, 7) is 2.35. The van der Waals surface area contributed by atoms with Gasteiger partial charge in [0.1, 0.15) is 0 Å². The topological polar surface area (TPSA) is 35.2 Å². The fraction of sp³-hybridized carbons (Fsp3) is 0.500. The average Bonchev–Trinajstić information content (AvgIpc) is 2.89. The summed E-state index contributed by atoms with van der Waals surface area (Å²) < 4.78 is 5.41. The van der Waals surface area contributed by atoms with Crippen molar-refractivity contribution in [1.29, 1.82) is 0 Å². The molecular formula is C12H15NO. The minimum atomic E-state index is 0.317. The molecule has 2 nitrogen and oxygen atoms in total. The fourth-order valence-corrected chi connectivity index (χ4v) is 2.26. The molecule has 0 atom stereocenters. The van der Waals surface area contributed by atoms with Crippen molar-refractivity contribution in [2.75, 3.05) is 6.54 Å². The Morgan fingerprint density at radius 2 is 2.00 bits per heavy atom. The highest BCUT2D eigenvalue weighted by molar-refractivity contribution is 5.40. The molecule has 0 bridgehead atoms. The van der Waals surface area contributed by atoms with Crippen molar-refractivity contribution < 1.29 is 4.74 Å². The van der Waals surface area contributed by atoms with E-state index in [1.165, 1.54) is 29.5 Å². The highest BCUT2D eigenvalue weighted by atomic mass is 16.5. The smallest absolute Gasteiger partial charge is 0.0725 e. The van der Waals surface area contributed by atoms with Gasteiger partial charge in [0.2, 0.25) is 0 Å². The largest absolute Gasteiger partial charge is 0.372 e. The molecule has 0 radical (unpaired) electrons. The summed E-state index contributed by atoms with van der Waals surface area (Å²) in [4.78, 5) is 0. The molecule has 0 amide bonds. The first-order chi connectivity index (χ1) is 6.84. The van der Waals surface area contributed by atoms with Gasteiger partial charge in [-0.2, -0.15) is 0 Å². The lowest BCUT2D eigenvalue weighted by atomic mass is 9.93. The first kappa shape index (κ1) is 8.45. The van der Waals surface area contributed by atoms with Gasteiger partial charge in [0.15, 0.2) is 0 Å². The van der Waals surface area contributed by atoms with Crippen molar-refractivity contribution in [3.8, 4) is 0 Å². The molecule has 0 saturated heterocycles. The van der Waals surface area contributed by atoms with Gasteiger partial charge in [0.25, 0.3) is 0 Å². The SMILES string of the molecule is NCC1(c2ccc3c(c2)COC3)CC1. The molecule has 2 aliphatic rings. The molecule has 3 rings (SSSR count). The molecule has 1 aliphatic heterocycles. The Bertz CT molecular complexity index is 369.